The van der Waals surface area contributed by atoms with E-state index in [0.717, 1.165) is 0 Å². The third-order valence-corrected chi connectivity index (χ3v) is 4.53. The number of nitriles is 1. The Bertz CT molecular complexity index is 1180. The molecule has 3 aromatic carbocycles. The zero-order valence-electron chi connectivity index (χ0n) is 16.6. The van der Waals surface area contributed by atoms with E-state index in [9.17, 15) is 14.9 Å². The Labute approximate surface area is 184 Å². The molecule has 0 radical (unpaired) electrons. The van der Waals surface area contributed by atoms with Gasteiger partial charge in [0.1, 0.15) is 17.4 Å². The largest absolute Gasteiger partial charge is 0.495 e. The summed E-state index contributed by atoms with van der Waals surface area (Å²) in [5, 5.41) is 15.5. The van der Waals surface area contributed by atoms with Crippen LogP contribution < -0.4 is 15.4 Å². The quantitative estimate of drug-likeness (QED) is 0.417. The first kappa shape index (κ1) is 21.6. The molecule has 0 saturated heterocycles. The Morgan fingerprint density at radius 1 is 1.00 bits per heavy atom. The van der Waals surface area contributed by atoms with E-state index < -0.39 is 5.91 Å². The van der Waals surface area contributed by atoms with Crippen molar-refractivity contribution in [2.75, 3.05) is 17.7 Å². The molecule has 7 heteroatoms. The van der Waals surface area contributed by atoms with Crippen molar-refractivity contribution in [3.63, 3.8) is 0 Å². The number of rotatable bonds is 6. The summed E-state index contributed by atoms with van der Waals surface area (Å²) in [6.07, 6.45) is 1.45. The fraction of sp³-hybridized carbons (Fsp3) is 0.0417. The highest BCUT2D eigenvalue weighted by Crippen LogP contribution is 2.24. The molecule has 154 valence electrons. The van der Waals surface area contributed by atoms with Crippen LogP contribution in [0.3, 0.4) is 0 Å². The summed E-state index contributed by atoms with van der Waals surface area (Å²) in [6, 6.07) is 22.2. The minimum atomic E-state index is -0.567. The van der Waals surface area contributed by atoms with Gasteiger partial charge in [-0.2, -0.15) is 5.26 Å². The summed E-state index contributed by atoms with van der Waals surface area (Å²) < 4.78 is 5.21. The van der Waals surface area contributed by atoms with Crippen LogP contribution in [0.1, 0.15) is 15.9 Å². The topological polar surface area (TPSA) is 91.2 Å². The van der Waals surface area contributed by atoms with Crippen molar-refractivity contribution in [1.82, 2.24) is 0 Å². The molecule has 0 spiro atoms. The molecule has 3 rings (SSSR count). The molecule has 0 aliphatic heterocycles. The van der Waals surface area contributed by atoms with Crippen molar-refractivity contribution in [3.8, 4) is 11.8 Å². The number of nitrogens with zero attached hydrogens (tertiary/aromatic N) is 1. The molecule has 0 atom stereocenters. The van der Waals surface area contributed by atoms with E-state index in [1.807, 2.05) is 6.07 Å². The lowest BCUT2D eigenvalue weighted by molar-refractivity contribution is -0.112. The minimum Gasteiger partial charge on any atom is -0.495 e. The van der Waals surface area contributed by atoms with Gasteiger partial charge in [-0.15, -0.1) is 0 Å². The zero-order valence-corrected chi connectivity index (χ0v) is 17.3. The number of benzene rings is 3. The van der Waals surface area contributed by atoms with Gasteiger partial charge in [0.05, 0.1) is 12.8 Å². The van der Waals surface area contributed by atoms with Crippen LogP contribution in [0, 0.1) is 11.3 Å². The fourth-order valence-electron chi connectivity index (χ4n) is 2.76. The molecule has 31 heavy (non-hydrogen) atoms. The van der Waals surface area contributed by atoms with Gasteiger partial charge in [-0.3, -0.25) is 9.59 Å². The Kier molecular flexibility index (Phi) is 7.05. The van der Waals surface area contributed by atoms with Crippen LogP contribution in [0.4, 0.5) is 11.4 Å². The molecule has 6 nitrogen and oxygen atoms in total. The van der Waals surface area contributed by atoms with E-state index in [-0.39, 0.29) is 11.5 Å². The van der Waals surface area contributed by atoms with Crippen molar-refractivity contribution in [2.24, 2.45) is 0 Å². The molecule has 0 heterocycles. The Hall–Kier alpha value is -4.08. The second-order valence-corrected chi connectivity index (χ2v) is 6.85. The first-order chi connectivity index (χ1) is 15.0. The van der Waals surface area contributed by atoms with E-state index >= 15 is 0 Å². The van der Waals surface area contributed by atoms with Crippen molar-refractivity contribution in [3.05, 3.63) is 94.5 Å². The number of carbonyl (C=O) groups excluding carboxylic acids is 2. The van der Waals surface area contributed by atoms with E-state index in [4.69, 9.17) is 16.3 Å². The SMILES string of the molecule is COc1ccccc1NC(=O)/C(C#N)=C/c1cccc(NC(=O)c2ccc(Cl)cc2)c1. The van der Waals surface area contributed by atoms with Crippen molar-refractivity contribution in [2.45, 2.75) is 0 Å². The molecule has 3 aromatic rings. The van der Waals surface area contributed by atoms with Gasteiger partial charge in [-0.25, -0.2) is 0 Å². The highest BCUT2D eigenvalue weighted by atomic mass is 35.5. The van der Waals surface area contributed by atoms with Gasteiger partial charge >= 0.3 is 0 Å². The Balaban J connectivity index is 1.77. The van der Waals surface area contributed by atoms with Gasteiger partial charge in [0, 0.05) is 16.3 Å². The van der Waals surface area contributed by atoms with Gasteiger partial charge in [-0.05, 0) is 60.2 Å². The zero-order chi connectivity index (χ0) is 22.2. The molecule has 0 unspecified atom stereocenters. The lowest BCUT2D eigenvalue weighted by Gasteiger charge is -2.09. The lowest BCUT2D eigenvalue weighted by Crippen LogP contribution is -2.14. The second-order valence-electron chi connectivity index (χ2n) is 6.41. The molecular formula is C24H18ClN3O3. The maximum Gasteiger partial charge on any atom is 0.266 e. The Morgan fingerprint density at radius 2 is 1.74 bits per heavy atom. The van der Waals surface area contributed by atoms with Gasteiger partial charge < -0.3 is 15.4 Å². The third kappa shape index (κ3) is 5.72. The number of anilines is 2. The molecule has 0 fully saturated rings. The molecule has 0 aliphatic carbocycles. The van der Waals surface area contributed by atoms with Crippen LogP contribution in [-0.2, 0) is 4.79 Å². The van der Waals surface area contributed by atoms with Gasteiger partial charge in [0.2, 0.25) is 0 Å². The number of carbonyl (C=O) groups is 2. The van der Waals surface area contributed by atoms with Crippen LogP contribution in [0.5, 0.6) is 5.75 Å². The summed E-state index contributed by atoms with van der Waals surface area (Å²) in [5.74, 6) is -0.380. The number of ether oxygens (including phenoxy) is 1. The number of amides is 2. The fourth-order valence-corrected chi connectivity index (χ4v) is 2.89. The van der Waals surface area contributed by atoms with Crippen molar-refractivity contribution in [1.29, 1.82) is 5.26 Å². The molecule has 2 amide bonds. The van der Waals surface area contributed by atoms with Crippen molar-refractivity contribution >= 4 is 40.9 Å². The van der Waals surface area contributed by atoms with E-state index in [1.165, 1.54) is 13.2 Å². The second kappa shape index (κ2) is 10.1. The highest BCUT2D eigenvalue weighted by Gasteiger charge is 2.12. The predicted octanol–water partition coefficient (Wildman–Crippen LogP) is 5.15. The van der Waals surface area contributed by atoms with Gasteiger partial charge in [-0.1, -0.05) is 35.9 Å². The average Bonchev–Trinajstić information content (AvgIpc) is 2.78. The van der Waals surface area contributed by atoms with Crippen LogP contribution in [0.15, 0.2) is 78.4 Å². The summed E-state index contributed by atoms with van der Waals surface area (Å²) >= 11 is 5.85. The van der Waals surface area contributed by atoms with E-state index in [2.05, 4.69) is 10.6 Å². The average molecular weight is 432 g/mol. The summed E-state index contributed by atoms with van der Waals surface area (Å²) in [4.78, 5) is 24.9. The van der Waals surface area contributed by atoms with Crippen LogP contribution in [0.25, 0.3) is 6.08 Å². The molecule has 2 N–H and O–H groups in total. The summed E-state index contributed by atoms with van der Waals surface area (Å²) in [6.45, 7) is 0. The first-order valence-electron chi connectivity index (χ1n) is 9.23. The van der Waals surface area contributed by atoms with E-state index in [1.54, 1.807) is 72.8 Å². The van der Waals surface area contributed by atoms with Crippen LogP contribution in [0.2, 0.25) is 5.02 Å². The lowest BCUT2D eigenvalue weighted by atomic mass is 10.1. The molecule has 0 bridgehead atoms. The molecular weight excluding hydrogens is 414 g/mol. The summed E-state index contributed by atoms with van der Waals surface area (Å²) in [7, 11) is 1.50. The van der Waals surface area contributed by atoms with Gasteiger partial charge in [0.15, 0.2) is 0 Å². The number of halogens is 1. The van der Waals surface area contributed by atoms with Crippen molar-refractivity contribution < 1.29 is 14.3 Å². The number of para-hydroxylation sites is 2. The van der Waals surface area contributed by atoms with Gasteiger partial charge in [0.25, 0.3) is 11.8 Å². The van der Waals surface area contributed by atoms with E-state index in [0.29, 0.717) is 33.3 Å². The minimum absolute atomic E-state index is 0.0907. The molecule has 0 aromatic heterocycles. The molecule has 0 saturated carbocycles. The van der Waals surface area contributed by atoms with Crippen LogP contribution >= 0.6 is 11.6 Å². The maximum atomic E-state index is 12.6. The standard InChI is InChI=1S/C24H18ClN3O3/c1-31-22-8-3-2-7-21(22)28-24(30)18(15-26)13-16-5-4-6-20(14-16)27-23(29)17-9-11-19(25)12-10-17/h2-14H,1H3,(H,27,29)(H,28,30)/b18-13+. The summed E-state index contributed by atoms with van der Waals surface area (Å²) in [5.41, 5.74) is 1.93. The smallest absolute Gasteiger partial charge is 0.266 e. The number of hydrogen-bond donors (Lipinski definition) is 2. The number of nitrogens with one attached hydrogen (secondary N) is 2. The normalized spacial score (nSPS) is 10.7. The molecule has 0 aliphatic rings. The number of methoxy groups -OCH3 is 1. The highest BCUT2D eigenvalue weighted by molar-refractivity contribution is 6.30. The maximum absolute atomic E-state index is 12.6. The predicted molar refractivity (Wildman–Crippen MR) is 121 cm³/mol. The number of hydrogen-bond acceptors (Lipinski definition) is 4. The Morgan fingerprint density at radius 3 is 2.45 bits per heavy atom. The third-order valence-electron chi connectivity index (χ3n) is 4.28. The van der Waals surface area contributed by atoms with Crippen LogP contribution in [-0.4, -0.2) is 18.9 Å². The first-order valence-corrected chi connectivity index (χ1v) is 9.61. The monoisotopic (exact) mass is 431 g/mol.